The molecule has 1 heterocycles. The van der Waals surface area contributed by atoms with E-state index in [0.29, 0.717) is 6.54 Å². The van der Waals surface area contributed by atoms with Crippen molar-refractivity contribution in [1.82, 2.24) is 9.55 Å². The Balaban J connectivity index is 2.30. The van der Waals surface area contributed by atoms with Gasteiger partial charge in [0, 0.05) is 18.0 Å². The van der Waals surface area contributed by atoms with Crippen LogP contribution in [0.25, 0.3) is 0 Å². The summed E-state index contributed by atoms with van der Waals surface area (Å²) in [6.45, 7) is 0.532. The quantitative estimate of drug-likeness (QED) is 0.337. The summed E-state index contributed by atoms with van der Waals surface area (Å²) in [6.07, 6.45) is 5.24. The number of hydroxylamine groups is 1. The second-order valence-corrected chi connectivity index (χ2v) is 3.55. The average molecular weight is 215 g/mol. The molecule has 0 spiro atoms. The minimum Gasteiger partial charge on any atom is -0.624 e. The minimum atomic E-state index is 0.532. The van der Waals surface area contributed by atoms with E-state index < -0.39 is 0 Å². The van der Waals surface area contributed by atoms with E-state index >= 15 is 0 Å². The monoisotopic (exact) mass is 215 g/mol. The molecule has 1 aromatic carbocycles. The van der Waals surface area contributed by atoms with Gasteiger partial charge >= 0.3 is 0 Å². The molecule has 0 N–H and O–H groups in total. The SMILES string of the molecule is C[N+]([O-])=C(Cn1ccnc1)c1ccccc1. The summed E-state index contributed by atoms with van der Waals surface area (Å²) in [7, 11) is 1.51. The van der Waals surface area contributed by atoms with Crippen molar-refractivity contribution < 1.29 is 4.74 Å². The van der Waals surface area contributed by atoms with Crippen molar-refractivity contribution in [3.63, 3.8) is 0 Å². The van der Waals surface area contributed by atoms with E-state index in [2.05, 4.69) is 4.98 Å². The molecule has 0 fully saturated rings. The van der Waals surface area contributed by atoms with Crippen LogP contribution in [0.1, 0.15) is 5.56 Å². The molecule has 0 aliphatic carbocycles. The van der Waals surface area contributed by atoms with Gasteiger partial charge in [0.1, 0.15) is 13.6 Å². The molecule has 0 aliphatic rings. The summed E-state index contributed by atoms with van der Waals surface area (Å²) in [5, 5.41) is 11.5. The van der Waals surface area contributed by atoms with Crippen molar-refractivity contribution in [2.75, 3.05) is 7.05 Å². The summed E-state index contributed by atoms with van der Waals surface area (Å²) >= 11 is 0. The predicted molar refractivity (Wildman–Crippen MR) is 62.3 cm³/mol. The third kappa shape index (κ3) is 2.28. The van der Waals surface area contributed by atoms with Crippen LogP contribution in [-0.2, 0) is 6.54 Å². The van der Waals surface area contributed by atoms with Crippen LogP contribution in [0.3, 0.4) is 0 Å². The fourth-order valence-electron chi connectivity index (χ4n) is 1.56. The lowest BCUT2D eigenvalue weighted by Gasteiger charge is -2.08. The Morgan fingerprint density at radius 3 is 2.69 bits per heavy atom. The highest BCUT2D eigenvalue weighted by atomic mass is 16.5. The first-order valence-electron chi connectivity index (χ1n) is 5.05. The van der Waals surface area contributed by atoms with Crippen LogP contribution in [0.15, 0.2) is 49.1 Å². The van der Waals surface area contributed by atoms with Crippen molar-refractivity contribution in [3.05, 3.63) is 59.8 Å². The maximum Gasteiger partial charge on any atom is 0.214 e. The average Bonchev–Trinajstić information content (AvgIpc) is 2.79. The predicted octanol–water partition coefficient (Wildman–Crippen LogP) is 1.51. The van der Waals surface area contributed by atoms with Gasteiger partial charge < -0.3 is 9.77 Å². The molecule has 16 heavy (non-hydrogen) atoms. The second kappa shape index (κ2) is 4.61. The number of benzene rings is 1. The van der Waals surface area contributed by atoms with E-state index in [1.807, 2.05) is 41.1 Å². The molecule has 0 unspecified atom stereocenters. The summed E-state index contributed by atoms with van der Waals surface area (Å²) in [6, 6.07) is 9.64. The highest BCUT2D eigenvalue weighted by molar-refractivity contribution is 5.96. The molecule has 0 bridgehead atoms. The van der Waals surface area contributed by atoms with E-state index in [0.717, 1.165) is 16.0 Å². The number of rotatable bonds is 3. The lowest BCUT2D eigenvalue weighted by Crippen LogP contribution is -2.19. The van der Waals surface area contributed by atoms with Crippen molar-refractivity contribution in [2.24, 2.45) is 0 Å². The van der Waals surface area contributed by atoms with Crippen LogP contribution >= 0.6 is 0 Å². The van der Waals surface area contributed by atoms with Crippen molar-refractivity contribution >= 4 is 5.71 Å². The zero-order valence-corrected chi connectivity index (χ0v) is 9.08. The molecular weight excluding hydrogens is 202 g/mol. The topological polar surface area (TPSA) is 43.9 Å². The van der Waals surface area contributed by atoms with Gasteiger partial charge in [-0.1, -0.05) is 18.2 Å². The number of hydrogen-bond donors (Lipinski definition) is 0. The van der Waals surface area contributed by atoms with Gasteiger partial charge in [0.2, 0.25) is 5.71 Å². The Morgan fingerprint density at radius 1 is 1.38 bits per heavy atom. The molecule has 82 valence electrons. The largest absolute Gasteiger partial charge is 0.624 e. The molecule has 2 rings (SSSR count). The zero-order chi connectivity index (χ0) is 11.4. The molecule has 0 saturated carbocycles. The molecule has 1 aromatic heterocycles. The Hall–Kier alpha value is -2.10. The van der Waals surface area contributed by atoms with Gasteiger partial charge in [-0.2, -0.15) is 0 Å². The molecule has 0 aliphatic heterocycles. The summed E-state index contributed by atoms with van der Waals surface area (Å²) in [4.78, 5) is 3.96. The van der Waals surface area contributed by atoms with E-state index in [9.17, 15) is 5.21 Å². The minimum absolute atomic E-state index is 0.532. The first-order chi connectivity index (χ1) is 7.77. The first-order valence-corrected chi connectivity index (χ1v) is 5.05. The molecule has 2 aromatic rings. The standard InChI is InChI=1S/C12H13N3O/c1-14(16)12(9-15-8-7-13-10-15)11-5-3-2-4-6-11/h2-8,10H,9H2,1H3. The Bertz CT molecular complexity index is 470. The molecule has 4 nitrogen and oxygen atoms in total. The van der Waals surface area contributed by atoms with Crippen molar-refractivity contribution in [3.8, 4) is 0 Å². The van der Waals surface area contributed by atoms with Crippen LogP contribution < -0.4 is 0 Å². The van der Waals surface area contributed by atoms with Crippen LogP contribution in [0.5, 0.6) is 0 Å². The Morgan fingerprint density at radius 2 is 2.12 bits per heavy atom. The summed E-state index contributed by atoms with van der Waals surface area (Å²) in [5.74, 6) is 0. The fourth-order valence-corrected chi connectivity index (χ4v) is 1.56. The van der Waals surface area contributed by atoms with Gasteiger partial charge in [0.25, 0.3) is 0 Å². The maximum atomic E-state index is 11.5. The number of hydrogen-bond acceptors (Lipinski definition) is 2. The van der Waals surface area contributed by atoms with Gasteiger partial charge in [-0.15, -0.1) is 0 Å². The number of nitrogens with zero attached hydrogens (tertiary/aromatic N) is 3. The smallest absolute Gasteiger partial charge is 0.214 e. The van der Waals surface area contributed by atoms with Crippen LogP contribution in [0.4, 0.5) is 0 Å². The second-order valence-electron chi connectivity index (χ2n) is 3.55. The summed E-state index contributed by atoms with van der Waals surface area (Å²) in [5.41, 5.74) is 1.66. The van der Waals surface area contributed by atoms with E-state index in [1.165, 1.54) is 7.05 Å². The van der Waals surface area contributed by atoms with Crippen LogP contribution in [0.2, 0.25) is 0 Å². The first kappa shape index (κ1) is 10.4. The van der Waals surface area contributed by atoms with Crippen LogP contribution in [0, 0.1) is 5.21 Å². The lowest BCUT2D eigenvalue weighted by molar-refractivity contribution is -0.423. The summed E-state index contributed by atoms with van der Waals surface area (Å²) < 4.78 is 2.77. The molecule has 0 saturated heterocycles. The molecule has 0 atom stereocenters. The molecular formula is C12H13N3O. The third-order valence-corrected chi connectivity index (χ3v) is 2.38. The van der Waals surface area contributed by atoms with Gasteiger partial charge in [-0.25, -0.2) is 9.72 Å². The Labute approximate surface area is 94.1 Å². The lowest BCUT2D eigenvalue weighted by atomic mass is 10.1. The third-order valence-electron chi connectivity index (χ3n) is 2.38. The van der Waals surface area contributed by atoms with E-state index in [-0.39, 0.29) is 0 Å². The zero-order valence-electron chi connectivity index (χ0n) is 9.08. The maximum absolute atomic E-state index is 11.5. The normalized spacial score (nSPS) is 12.3. The number of aromatic nitrogens is 2. The Kier molecular flexibility index (Phi) is 3.00. The van der Waals surface area contributed by atoms with Crippen molar-refractivity contribution in [1.29, 1.82) is 0 Å². The van der Waals surface area contributed by atoms with E-state index in [1.54, 1.807) is 12.5 Å². The van der Waals surface area contributed by atoms with Gasteiger partial charge in [-0.3, -0.25) is 0 Å². The molecule has 0 radical (unpaired) electrons. The molecule has 0 amide bonds. The number of imidazole rings is 1. The van der Waals surface area contributed by atoms with Gasteiger partial charge in [0.15, 0.2) is 0 Å². The van der Waals surface area contributed by atoms with Crippen molar-refractivity contribution in [2.45, 2.75) is 6.54 Å². The van der Waals surface area contributed by atoms with E-state index in [4.69, 9.17) is 0 Å². The van der Waals surface area contributed by atoms with Crippen LogP contribution in [-0.4, -0.2) is 27.0 Å². The highest BCUT2D eigenvalue weighted by Crippen LogP contribution is 2.03. The molecule has 4 heteroatoms. The highest BCUT2D eigenvalue weighted by Gasteiger charge is 2.10. The van der Waals surface area contributed by atoms with Gasteiger partial charge in [0.05, 0.1) is 6.33 Å². The fraction of sp³-hybridized carbons (Fsp3) is 0.167. The van der Waals surface area contributed by atoms with Gasteiger partial charge in [-0.05, 0) is 12.1 Å².